The third-order valence-corrected chi connectivity index (χ3v) is 10.1. The summed E-state index contributed by atoms with van der Waals surface area (Å²) in [6.45, 7) is 1.06. The number of anilines is 1. The number of hydrogen-bond donors (Lipinski definition) is 3. The maximum atomic E-state index is 13.0. The van der Waals surface area contributed by atoms with Crippen LogP contribution in [0.2, 0.25) is 0 Å². The minimum atomic E-state index is -3.85. The van der Waals surface area contributed by atoms with Gasteiger partial charge < -0.3 is 24.6 Å². The number of benzene rings is 5. The van der Waals surface area contributed by atoms with Crippen LogP contribution in [0.25, 0.3) is 0 Å². The fraction of sp³-hybridized carbons (Fsp3) is 0.211. The molecule has 5 aromatic carbocycles. The lowest BCUT2D eigenvalue weighted by Gasteiger charge is -2.29. The van der Waals surface area contributed by atoms with Crippen LogP contribution in [-0.4, -0.2) is 39.3 Å². The first-order chi connectivity index (χ1) is 23.3. The molecule has 1 aliphatic heterocycles. The van der Waals surface area contributed by atoms with Gasteiger partial charge in [-0.15, -0.1) is 0 Å². The Labute approximate surface area is 289 Å². The second-order valence-corrected chi connectivity index (χ2v) is 13.8. The summed E-state index contributed by atoms with van der Waals surface area (Å²) in [5.74, 6) is 1.36. The van der Waals surface area contributed by atoms with E-state index in [9.17, 15) is 18.1 Å². The number of aliphatic hydroxyl groups is 1. The van der Waals surface area contributed by atoms with Crippen molar-refractivity contribution in [1.82, 2.24) is 5.32 Å². The van der Waals surface area contributed by atoms with Crippen molar-refractivity contribution >= 4 is 24.2 Å². The molecule has 254 valence electrons. The van der Waals surface area contributed by atoms with Crippen LogP contribution in [0, 0.1) is 0 Å². The smallest absolute Gasteiger partial charge is 0.262 e. The number of hydrogen-bond acceptors (Lipinski definition) is 8. The third-order valence-electron chi connectivity index (χ3n) is 7.86. The van der Waals surface area contributed by atoms with Gasteiger partial charge in [-0.2, -0.15) is 0 Å². The maximum absolute atomic E-state index is 13.0. The van der Waals surface area contributed by atoms with Crippen molar-refractivity contribution in [2.45, 2.75) is 36.8 Å². The van der Waals surface area contributed by atoms with Crippen LogP contribution >= 0.6 is 8.46 Å². The van der Waals surface area contributed by atoms with Gasteiger partial charge in [0.1, 0.15) is 36.6 Å². The van der Waals surface area contributed by atoms with Gasteiger partial charge in [0.25, 0.3) is 10.0 Å². The molecule has 4 bridgehead atoms. The number of nitrogens with one attached hydrogen (secondary N) is 2. The molecule has 0 fully saturated rings. The highest BCUT2D eigenvalue weighted by atomic mass is 32.2. The normalized spacial score (nSPS) is 14.0. The molecule has 3 N–H and O–H groups in total. The van der Waals surface area contributed by atoms with Gasteiger partial charge in [-0.3, -0.25) is 9.29 Å². The highest BCUT2D eigenvalue weighted by Gasteiger charge is 2.38. The molecule has 1 atom stereocenters. The topological polar surface area (TPSA) is 123 Å². The molecule has 0 amide bonds. The molecular formula is C38H39N2O7PS. The third kappa shape index (κ3) is 8.66. The number of rotatable bonds is 13. The minimum Gasteiger partial charge on any atom is -0.489 e. The largest absolute Gasteiger partial charge is 0.489 e. The first kappa shape index (κ1) is 35.6. The Morgan fingerprint density at radius 3 is 2.24 bits per heavy atom. The molecule has 0 saturated carbocycles. The van der Waals surface area contributed by atoms with Crippen molar-refractivity contribution in [2.75, 3.05) is 24.4 Å². The molecule has 0 aliphatic carbocycles. The zero-order chi connectivity index (χ0) is 33.4. The average Bonchev–Trinajstić information content (AvgIpc) is 3.12. The summed E-state index contributed by atoms with van der Waals surface area (Å²) in [6.07, 6.45) is -0.141. The molecular weight excluding hydrogens is 659 g/mol. The second-order valence-electron chi connectivity index (χ2n) is 11.3. The molecule has 5 aromatic rings. The average molecular weight is 699 g/mol. The first-order valence-electron chi connectivity index (χ1n) is 15.5. The van der Waals surface area contributed by atoms with E-state index in [1.165, 1.54) is 6.07 Å². The van der Waals surface area contributed by atoms with Crippen molar-refractivity contribution in [3.8, 4) is 17.2 Å². The van der Waals surface area contributed by atoms with Crippen molar-refractivity contribution in [1.29, 1.82) is 0 Å². The lowest BCUT2D eigenvalue weighted by molar-refractivity contribution is 0.107. The Balaban J connectivity index is 0.00000468. The summed E-state index contributed by atoms with van der Waals surface area (Å²) in [5, 5.41) is 12.6. The van der Waals surface area contributed by atoms with Gasteiger partial charge in [0, 0.05) is 23.7 Å². The molecule has 0 radical (unpaired) electrons. The van der Waals surface area contributed by atoms with Gasteiger partial charge in [-0.25, -0.2) is 8.42 Å². The summed E-state index contributed by atoms with van der Waals surface area (Å²) < 4.78 is 59.4. The van der Waals surface area contributed by atoms with Crippen molar-refractivity contribution in [2.24, 2.45) is 0 Å². The van der Waals surface area contributed by atoms with Gasteiger partial charge in [0.05, 0.1) is 10.6 Å². The van der Waals surface area contributed by atoms with E-state index in [-0.39, 0.29) is 52.0 Å². The SMILES string of the molecule is C.O=PC(Oc1ccc(CCNCC(O)COc2ccc3cc2NS(=O)(=O)c2cccc(c2)CO3)cc1)(c1ccccc1)c1ccccc1. The highest BCUT2D eigenvalue weighted by Crippen LogP contribution is 2.43. The molecule has 0 saturated heterocycles. The molecule has 6 rings (SSSR count). The van der Waals surface area contributed by atoms with E-state index in [4.69, 9.17) is 14.2 Å². The van der Waals surface area contributed by atoms with Crippen molar-refractivity contribution in [3.05, 3.63) is 150 Å². The van der Waals surface area contributed by atoms with Gasteiger partial charge >= 0.3 is 0 Å². The molecule has 1 unspecified atom stereocenters. The molecule has 49 heavy (non-hydrogen) atoms. The van der Waals surface area contributed by atoms with Crippen LogP contribution < -0.4 is 24.2 Å². The van der Waals surface area contributed by atoms with Crippen LogP contribution in [-0.2, 0) is 33.0 Å². The predicted molar refractivity (Wildman–Crippen MR) is 191 cm³/mol. The Kier molecular flexibility index (Phi) is 11.7. The highest BCUT2D eigenvalue weighted by molar-refractivity contribution is 7.92. The van der Waals surface area contributed by atoms with Crippen molar-refractivity contribution in [3.63, 3.8) is 0 Å². The van der Waals surface area contributed by atoms with E-state index in [1.54, 1.807) is 36.4 Å². The van der Waals surface area contributed by atoms with Gasteiger partial charge in [-0.1, -0.05) is 92.4 Å². The summed E-state index contributed by atoms with van der Waals surface area (Å²) in [6, 6.07) is 38.2. The second kappa shape index (κ2) is 16.1. The maximum Gasteiger partial charge on any atom is 0.262 e. The fourth-order valence-electron chi connectivity index (χ4n) is 5.35. The number of aliphatic hydroxyl groups excluding tert-OH is 1. The van der Waals surface area contributed by atoms with Gasteiger partial charge in [-0.05, 0) is 60.5 Å². The van der Waals surface area contributed by atoms with E-state index < -0.39 is 21.5 Å². The van der Waals surface area contributed by atoms with Gasteiger partial charge in [0.15, 0.2) is 0 Å². The van der Waals surface area contributed by atoms with Crippen LogP contribution in [0.4, 0.5) is 5.69 Å². The minimum absolute atomic E-state index is 0. The standard InChI is InChI=1S/C37H35N2O7PS.CH4/c40-31(26-45-36-19-18-33-23-35(36)39-48(42,43)34-13-7-8-28(22-34)25-44-33)24-38-21-20-27-14-16-32(17-15-27)46-37(47-41,29-9-3-1-4-10-29)30-11-5-2-6-12-30;/h1-19,22-23,31,38-40H,20-21,24-26H2;1H4. The molecule has 0 spiro atoms. The summed E-state index contributed by atoms with van der Waals surface area (Å²) >= 11 is 0. The predicted octanol–water partition coefficient (Wildman–Crippen LogP) is 7.16. The number of sulfonamides is 1. The number of ether oxygens (including phenoxy) is 3. The first-order valence-corrected chi connectivity index (χ1v) is 17.8. The summed E-state index contributed by atoms with van der Waals surface area (Å²) in [5.41, 5.74) is 3.59. The Morgan fingerprint density at radius 2 is 1.57 bits per heavy atom. The molecule has 1 aliphatic rings. The monoisotopic (exact) mass is 698 g/mol. The van der Waals surface area contributed by atoms with E-state index >= 15 is 0 Å². The zero-order valence-corrected chi connectivity index (χ0v) is 27.7. The van der Waals surface area contributed by atoms with Crippen LogP contribution in [0.15, 0.2) is 132 Å². The van der Waals surface area contributed by atoms with E-state index in [1.807, 2.05) is 84.9 Å². The lowest BCUT2D eigenvalue weighted by Crippen LogP contribution is -2.32. The molecule has 0 aromatic heterocycles. The van der Waals surface area contributed by atoms with Gasteiger partial charge in [0.2, 0.25) is 13.8 Å². The van der Waals surface area contributed by atoms with E-state index in [2.05, 4.69) is 10.0 Å². The molecule has 11 heteroatoms. The van der Waals surface area contributed by atoms with E-state index in [0.717, 1.165) is 22.3 Å². The van der Waals surface area contributed by atoms with Crippen LogP contribution in [0.3, 0.4) is 0 Å². The summed E-state index contributed by atoms with van der Waals surface area (Å²) in [7, 11) is -4.03. The van der Waals surface area contributed by atoms with Crippen LogP contribution in [0.1, 0.15) is 29.7 Å². The Hall–Kier alpha value is -4.73. The fourth-order valence-corrected chi connectivity index (χ4v) is 7.14. The van der Waals surface area contributed by atoms with Crippen LogP contribution in [0.5, 0.6) is 17.2 Å². The zero-order valence-electron chi connectivity index (χ0n) is 26.0. The Morgan fingerprint density at radius 1 is 0.878 bits per heavy atom. The van der Waals surface area contributed by atoms with E-state index in [0.29, 0.717) is 24.5 Å². The number of fused-ring (bicyclic) bond motifs is 4. The Bertz CT molecular complexity index is 1900. The van der Waals surface area contributed by atoms with Crippen molar-refractivity contribution < 1.29 is 32.3 Å². The molecule has 1 heterocycles. The summed E-state index contributed by atoms with van der Waals surface area (Å²) in [4.78, 5) is 0.128. The lowest BCUT2D eigenvalue weighted by atomic mass is 10.0. The molecule has 9 nitrogen and oxygen atoms in total. The quantitative estimate of drug-likeness (QED) is 0.0875.